The van der Waals surface area contributed by atoms with Crippen LogP contribution in [0.5, 0.6) is 0 Å². The lowest BCUT2D eigenvalue weighted by molar-refractivity contribution is 0.773. The van der Waals surface area contributed by atoms with Gasteiger partial charge in [0.1, 0.15) is 5.02 Å². The van der Waals surface area contributed by atoms with Crippen molar-refractivity contribution in [3.05, 3.63) is 86.3 Å². The molecule has 0 atom stereocenters. The number of hydrogen-bond acceptors (Lipinski definition) is 3. The van der Waals surface area contributed by atoms with Gasteiger partial charge in [-0.15, -0.1) is 0 Å². The Morgan fingerprint density at radius 1 is 1.04 bits per heavy atom. The predicted octanol–water partition coefficient (Wildman–Crippen LogP) is 4.61. The Morgan fingerprint density at radius 2 is 1.72 bits per heavy atom. The van der Waals surface area contributed by atoms with Gasteiger partial charge in [-0.1, -0.05) is 48.0 Å². The Bertz CT molecular complexity index is 965. The standard InChI is InChI=1S/C20H20ClN3O/c1-13-9-15(3)18(10-14(13)2)22-20-23-19(25)17(21)12-24(20)11-16-7-5-4-6-8-16/h4-10,12H,11H2,1-3H3,(H,22,23,25). The van der Waals surface area contributed by atoms with Crippen LogP contribution < -0.4 is 10.9 Å². The molecule has 0 unspecified atom stereocenters. The predicted molar refractivity (Wildman–Crippen MR) is 103 cm³/mol. The van der Waals surface area contributed by atoms with Crippen molar-refractivity contribution in [2.75, 3.05) is 5.32 Å². The largest absolute Gasteiger partial charge is 0.325 e. The number of halogens is 1. The van der Waals surface area contributed by atoms with E-state index in [4.69, 9.17) is 11.6 Å². The van der Waals surface area contributed by atoms with E-state index in [0.717, 1.165) is 16.8 Å². The first-order valence-corrected chi connectivity index (χ1v) is 8.47. The van der Waals surface area contributed by atoms with E-state index in [1.807, 2.05) is 41.8 Å². The molecule has 0 saturated heterocycles. The summed E-state index contributed by atoms with van der Waals surface area (Å²) in [4.78, 5) is 16.1. The minimum atomic E-state index is -0.435. The molecule has 1 aromatic heterocycles. The maximum Gasteiger partial charge on any atom is 0.293 e. The van der Waals surface area contributed by atoms with Crippen molar-refractivity contribution in [1.29, 1.82) is 0 Å². The van der Waals surface area contributed by atoms with Gasteiger partial charge in [-0.25, -0.2) is 0 Å². The lowest BCUT2D eigenvalue weighted by Gasteiger charge is -2.17. The second-order valence-electron chi connectivity index (χ2n) is 6.21. The number of benzene rings is 2. The fraction of sp³-hybridized carbons (Fsp3) is 0.200. The second-order valence-corrected chi connectivity index (χ2v) is 6.61. The van der Waals surface area contributed by atoms with Crippen molar-refractivity contribution in [3.8, 4) is 0 Å². The molecule has 1 heterocycles. The molecule has 0 spiro atoms. The summed E-state index contributed by atoms with van der Waals surface area (Å²) < 4.78 is 1.85. The molecule has 0 amide bonds. The van der Waals surface area contributed by atoms with E-state index in [0.29, 0.717) is 12.5 Å². The van der Waals surface area contributed by atoms with Crippen LogP contribution in [0.1, 0.15) is 22.3 Å². The molecular formula is C20H20ClN3O. The molecule has 25 heavy (non-hydrogen) atoms. The third-order valence-corrected chi connectivity index (χ3v) is 4.50. The number of nitrogens with zero attached hydrogens (tertiary/aromatic N) is 2. The number of aryl methyl sites for hydroxylation is 3. The zero-order chi connectivity index (χ0) is 18.0. The highest BCUT2D eigenvalue weighted by Gasteiger charge is 2.10. The summed E-state index contributed by atoms with van der Waals surface area (Å²) in [6.07, 6.45) is 1.63. The first-order chi connectivity index (χ1) is 11.9. The molecule has 0 radical (unpaired) electrons. The van der Waals surface area contributed by atoms with E-state index in [1.54, 1.807) is 6.20 Å². The smallest absolute Gasteiger partial charge is 0.293 e. The minimum absolute atomic E-state index is 0.110. The van der Waals surface area contributed by atoms with Gasteiger partial charge in [0.15, 0.2) is 0 Å². The molecule has 0 saturated carbocycles. The molecule has 1 N–H and O–H groups in total. The number of hydrogen-bond donors (Lipinski definition) is 1. The maximum absolute atomic E-state index is 11.9. The minimum Gasteiger partial charge on any atom is -0.325 e. The summed E-state index contributed by atoms with van der Waals surface area (Å²) in [5.41, 5.74) is 5.10. The SMILES string of the molecule is Cc1cc(C)c(Nc2nc(=O)c(Cl)cn2Cc2ccccc2)cc1C. The molecule has 0 aliphatic carbocycles. The summed E-state index contributed by atoms with van der Waals surface area (Å²) in [5, 5.41) is 3.40. The molecule has 0 aliphatic heterocycles. The van der Waals surface area contributed by atoms with Crippen molar-refractivity contribution >= 4 is 23.2 Å². The number of rotatable bonds is 4. The quantitative estimate of drug-likeness (QED) is 0.744. The Morgan fingerprint density at radius 3 is 2.44 bits per heavy atom. The van der Waals surface area contributed by atoms with Gasteiger partial charge in [0.2, 0.25) is 5.95 Å². The van der Waals surface area contributed by atoms with Crippen LogP contribution in [0.2, 0.25) is 5.02 Å². The lowest BCUT2D eigenvalue weighted by atomic mass is 10.1. The Labute approximate surface area is 152 Å². The van der Waals surface area contributed by atoms with E-state index in [1.165, 1.54) is 11.1 Å². The van der Waals surface area contributed by atoms with E-state index in [9.17, 15) is 4.79 Å². The molecule has 2 aromatic carbocycles. The molecule has 3 aromatic rings. The Hall–Kier alpha value is -2.59. The van der Waals surface area contributed by atoms with Gasteiger partial charge in [-0.05, 0) is 49.1 Å². The summed E-state index contributed by atoms with van der Waals surface area (Å²) in [5.74, 6) is 0.476. The van der Waals surface area contributed by atoms with Gasteiger partial charge in [0, 0.05) is 11.9 Å². The van der Waals surface area contributed by atoms with Crippen LogP contribution in [-0.2, 0) is 6.54 Å². The van der Waals surface area contributed by atoms with Gasteiger partial charge >= 0.3 is 0 Å². The van der Waals surface area contributed by atoms with Gasteiger partial charge in [-0.2, -0.15) is 4.98 Å². The molecule has 5 heteroatoms. The fourth-order valence-electron chi connectivity index (χ4n) is 2.68. The topological polar surface area (TPSA) is 46.9 Å². The van der Waals surface area contributed by atoms with Crippen LogP contribution in [0, 0.1) is 20.8 Å². The van der Waals surface area contributed by atoms with Gasteiger partial charge in [-0.3, -0.25) is 4.79 Å². The first-order valence-electron chi connectivity index (χ1n) is 8.10. The van der Waals surface area contributed by atoms with Gasteiger partial charge in [0.05, 0.1) is 6.54 Å². The van der Waals surface area contributed by atoms with Crippen LogP contribution in [0.15, 0.2) is 53.5 Å². The van der Waals surface area contributed by atoms with Crippen molar-refractivity contribution in [1.82, 2.24) is 9.55 Å². The molecular weight excluding hydrogens is 334 g/mol. The third kappa shape index (κ3) is 3.91. The monoisotopic (exact) mass is 353 g/mol. The van der Waals surface area contributed by atoms with Gasteiger partial charge in [0.25, 0.3) is 5.56 Å². The first kappa shape index (κ1) is 17.2. The van der Waals surface area contributed by atoms with Crippen LogP contribution >= 0.6 is 11.6 Å². The summed E-state index contributed by atoms with van der Waals surface area (Å²) in [7, 11) is 0. The summed E-state index contributed by atoms with van der Waals surface area (Å²) in [6, 6.07) is 14.2. The maximum atomic E-state index is 11.9. The molecule has 0 bridgehead atoms. The summed E-state index contributed by atoms with van der Waals surface area (Å²) >= 11 is 6.01. The van der Waals surface area contributed by atoms with Crippen LogP contribution in [0.25, 0.3) is 0 Å². The van der Waals surface area contributed by atoms with Crippen LogP contribution in [-0.4, -0.2) is 9.55 Å². The number of aromatic nitrogens is 2. The average Bonchev–Trinajstić information content (AvgIpc) is 2.58. The number of nitrogens with one attached hydrogen (secondary N) is 1. The molecule has 0 aliphatic rings. The fourth-order valence-corrected chi connectivity index (χ4v) is 2.84. The highest BCUT2D eigenvalue weighted by Crippen LogP contribution is 2.23. The van der Waals surface area contributed by atoms with Gasteiger partial charge < -0.3 is 9.88 Å². The zero-order valence-electron chi connectivity index (χ0n) is 14.5. The zero-order valence-corrected chi connectivity index (χ0v) is 15.3. The third-order valence-electron chi connectivity index (χ3n) is 4.24. The number of anilines is 2. The van der Waals surface area contributed by atoms with Crippen molar-refractivity contribution in [3.63, 3.8) is 0 Å². The van der Waals surface area contributed by atoms with E-state index in [2.05, 4.69) is 36.3 Å². The van der Waals surface area contributed by atoms with E-state index < -0.39 is 5.56 Å². The molecule has 3 rings (SSSR count). The lowest BCUT2D eigenvalue weighted by Crippen LogP contribution is -2.18. The normalized spacial score (nSPS) is 10.7. The highest BCUT2D eigenvalue weighted by molar-refractivity contribution is 6.30. The van der Waals surface area contributed by atoms with E-state index in [-0.39, 0.29) is 5.02 Å². The summed E-state index contributed by atoms with van der Waals surface area (Å²) in [6.45, 7) is 6.74. The molecule has 0 fully saturated rings. The molecule has 128 valence electrons. The van der Waals surface area contributed by atoms with Crippen molar-refractivity contribution in [2.24, 2.45) is 0 Å². The van der Waals surface area contributed by atoms with Crippen molar-refractivity contribution in [2.45, 2.75) is 27.3 Å². The van der Waals surface area contributed by atoms with Crippen LogP contribution in [0.3, 0.4) is 0 Å². The average molecular weight is 354 g/mol. The highest BCUT2D eigenvalue weighted by atomic mass is 35.5. The Kier molecular flexibility index (Phi) is 4.91. The van der Waals surface area contributed by atoms with Crippen LogP contribution in [0.4, 0.5) is 11.6 Å². The van der Waals surface area contributed by atoms with E-state index >= 15 is 0 Å². The Balaban J connectivity index is 2.02. The second kappa shape index (κ2) is 7.11. The molecule has 4 nitrogen and oxygen atoms in total. The van der Waals surface area contributed by atoms with Crippen molar-refractivity contribution < 1.29 is 0 Å².